The Kier molecular flexibility index (Phi) is 7.66. The summed E-state index contributed by atoms with van der Waals surface area (Å²) in [5.74, 6) is 0.364. The topological polar surface area (TPSA) is 66.9 Å². The molecule has 152 valence electrons. The molecule has 3 rings (SSSR count). The molecule has 0 saturated carbocycles. The Morgan fingerprint density at radius 2 is 1.90 bits per heavy atom. The fraction of sp³-hybridized carbons (Fsp3) is 0.318. The maximum absolute atomic E-state index is 12.2. The third kappa shape index (κ3) is 6.87. The van der Waals surface area contributed by atoms with Crippen molar-refractivity contribution >= 4 is 39.8 Å². The van der Waals surface area contributed by atoms with E-state index < -0.39 is 0 Å². The third-order valence-corrected chi connectivity index (χ3v) is 6.58. The number of nitrogens with one attached hydrogen (secondary N) is 2. The molecule has 0 aliphatic carbocycles. The highest BCUT2D eigenvalue weighted by Crippen LogP contribution is 2.28. The lowest BCUT2D eigenvalue weighted by molar-refractivity contribution is -0.119. The van der Waals surface area contributed by atoms with Crippen LogP contribution in [-0.2, 0) is 11.2 Å². The lowest BCUT2D eigenvalue weighted by Crippen LogP contribution is -2.34. The summed E-state index contributed by atoms with van der Waals surface area (Å²) in [7, 11) is 0. The molecule has 0 aliphatic heterocycles. The van der Waals surface area contributed by atoms with Crippen molar-refractivity contribution in [1.82, 2.24) is 15.5 Å². The van der Waals surface area contributed by atoms with Gasteiger partial charge in [0.2, 0.25) is 11.0 Å². The monoisotopic (exact) mass is 426 g/mol. The van der Waals surface area contributed by atoms with Crippen LogP contribution in [0.3, 0.4) is 0 Å². The summed E-state index contributed by atoms with van der Waals surface area (Å²) in [6, 6.07) is 16.7. The van der Waals surface area contributed by atoms with Crippen LogP contribution in [0, 0.1) is 13.8 Å². The molecular weight excluding hydrogens is 400 g/mol. The summed E-state index contributed by atoms with van der Waals surface area (Å²) in [5.41, 5.74) is 4.77. The van der Waals surface area contributed by atoms with Gasteiger partial charge in [-0.25, -0.2) is 0 Å². The zero-order valence-corrected chi connectivity index (χ0v) is 18.6. The van der Waals surface area contributed by atoms with Crippen molar-refractivity contribution in [3.8, 4) is 0 Å². The first-order chi connectivity index (χ1) is 14.0. The van der Waals surface area contributed by atoms with Crippen molar-refractivity contribution < 1.29 is 4.79 Å². The average molecular weight is 427 g/mol. The number of thioether (sulfide) groups is 1. The molecule has 0 spiro atoms. The van der Waals surface area contributed by atoms with Gasteiger partial charge >= 0.3 is 0 Å². The molecule has 5 nitrogen and oxygen atoms in total. The quantitative estimate of drug-likeness (QED) is 0.465. The van der Waals surface area contributed by atoms with Crippen LogP contribution in [0.4, 0.5) is 10.8 Å². The molecule has 0 saturated heterocycles. The van der Waals surface area contributed by atoms with Crippen molar-refractivity contribution in [3.05, 3.63) is 65.2 Å². The highest BCUT2D eigenvalue weighted by Gasteiger charge is 2.11. The highest BCUT2D eigenvalue weighted by molar-refractivity contribution is 8.01. The minimum Gasteiger partial charge on any atom is -0.353 e. The number of anilines is 2. The minimum absolute atomic E-state index is 0.0226. The van der Waals surface area contributed by atoms with Gasteiger partial charge in [-0.15, -0.1) is 10.2 Å². The van der Waals surface area contributed by atoms with Crippen LogP contribution in [0.25, 0.3) is 0 Å². The first-order valence-corrected chi connectivity index (χ1v) is 11.4. The number of carbonyl (C=O) groups excluding carboxylic acids is 1. The molecule has 2 N–H and O–H groups in total. The fourth-order valence-corrected chi connectivity index (χ4v) is 4.39. The number of hydrogen-bond acceptors (Lipinski definition) is 6. The SMILES string of the molecule is Cc1ccc(Nc2nnc(SCC(=O)N[C@H](C)CCc3ccccc3)s2)cc1C. The first-order valence-electron chi connectivity index (χ1n) is 9.63. The summed E-state index contributed by atoms with van der Waals surface area (Å²) in [6.07, 6.45) is 1.88. The molecule has 2 aromatic carbocycles. The van der Waals surface area contributed by atoms with Crippen LogP contribution in [-0.4, -0.2) is 27.9 Å². The number of aromatic nitrogens is 2. The Morgan fingerprint density at radius 1 is 1.10 bits per heavy atom. The van der Waals surface area contributed by atoms with Crippen LogP contribution in [0.2, 0.25) is 0 Å². The van der Waals surface area contributed by atoms with E-state index in [1.165, 1.54) is 39.8 Å². The van der Waals surface area contributed by atoms with E-state index >= 15 is 0 Å². The van der Waals surface area contributed by atoms with Gasteiger partial charge in [0.1, 0.15) is 0 Å². The fourth-order valence-electron chi connectivity index (χ4n) is 2.81. The van der Waals surface area contributed by atoms with Gasteiger partial charge in [0.05, 0.1) is 5.75 Å². The van der Waals surface area contributed by atoms with Crippen molar-refractivity contribution in [3.63, 3.8) is 0 Å². The van der Waals surface area contributed by atoms with Gasteiger partial charge in [-0.1, -0.05) is 59.5 Å². The number of hydrogen-bond donors (Lipinski definition) is 2. The van der Waals surface area contributed by atoms with Gasteiger partial charge in [-0.05, 0) is 62.4 Å². The van der Waals surface area contributed by atoms with Crippen molar-refractivity contribution in [2.45, 2.75) is 44.0 Å². The van der Waals surface area contributed by atoms with Crippen LogP contribution in [0.5, 0.6) is 0 Å². The first kappa shape index (κ1) is 21.3. The summed E-state index contributed by atoms with van der Waals surface area (Å²) < 4.78 is 0.781. The molecule has 0 bridgehead atoms. The smallest absolute Gasteiger partial charge is 0.230 e. The molecule has 1 heterocycles. The van der Waals surface area contributed by atoms with Gasteiger partial charge < -0.3 is 10.6 Å². The third-order valence-electron chi connectivity index (χ3n) is 4.61. The normalized spacial score (nSPS) is 11.8. The standard InChI is InChI=1S/C22H26N4OS2/c1-15-9-12-19(13-16(15)2)24-21-25-26-22(29-21)28-14-20(27)23-17(3)10-11-18-7-5-4-6-8-18/h4-9,12-13,17H,10-11,14H2,1-3H3,(H,23,27)(H,24,25)/t17-/m1/s1. The second-order valence-electron chi connectivity index (χ2n) is 7.08. The van der Waals surface area contributed by atoms with E-state index in [9.17, 15) is 4.79 Å². The lowest BCUT2D eigenvalue weighted by atomic mass is 10.1. The number of amides is 1. The van der Waals surface area contributed by atoms with Crippen LogP contribution >= 0.6 is 23.1 Å². The molecule has 3 aromatic rings. The predicted molar refractivity (Wildman–Crippen MR) is 122 cm³/mol. The van der Waals surface area contributed by atoms with Crippen molar-refractivity contribution in [1.29, 1.82) is 0 Å². The van der Waals surface area contributed by atoms with E-state index in [2.05, 4.69) is 58.9 Å². The Balaban J connectivity index is 1.41. The average Bonchev–Trinajstić information content (AvgIpc) is 3.16. The summed E-state index contributed by atoms with van der Waals surface area (Å²) in [6.45, 7) is 6.22. The Hall–Kier alpha value is -2.38. The second-order valence-corrected chi connectivity index (χ2v) is 9.28. The molecule has 0 fully saturated rings. The van der Waals surface area contributed by atoms with Crippen molar-refractivity contribution in [2.75, 3.05) is 11.1 Å². The number of nitrogens with zero attached hydrogens (tertiary/aromatic N) is 2. The molecule has 0 unspecified atom stereocenters. The lowest BCUT2D eigenvalue weighted by Gasteiger charge is -2.13. The zero-order valence-electron chi connectivity index (χ0n) is 16.9. The Bertz CT molecular complexity index is 943. The Morgan fingerprint density at radius 3 is 2.66 bits per heavy atom. The van der Waals surface area contributed by atoms with E-state index in [0.717, 1.165) is 28.0 Å². The second kappa shape index (κ2) is 10.4. The molecule has 7 heteroatoms. The summed E-state index contributed by atoms with van der Waals surface area (Å²) >= 11 is 2.87. The number of carbonyl (C=O) groups is 1. The van der Waals surface area contributed by atoms with Gasteiger partial charge in [-0.3, -0.25) is 4.79 Å². The minimum atomic E-state index is 0.0226. The highest BCUT2D eigenvalue weighted by atomic mass is 32.2. The molecule has 1 amide bonds. The molecule has 29 heavy (non-hydrogen) atoms. The van der Waals surface area contributed by atoms with Crippen molar-refractivity contribution in [2.24, 2.45) is 0 Å². The summed E-state index contributed by atoms with van der Waals surface area (Å²) in [5, 5.41) is 15.4. The number of benzene rings is 2. The van der Waals surface area contributed by atoms with Gasteiger partial charge in [0, 0.05) is 11.7 Å². The summed E-state index contributed by atoms with van der Waals surface area (Å²) in [4.78, 5) is 12.2. The van der Waals surface area contributed by atoms with E-state index in [-0.39, 0.29) is 11.9 Å². The van der Waals surface area contributed by atoms with Crippen LogP contribution < -0.4 is 10.6 Å². The number of aryl methyl sites for hydroxylation is 3. The maximum Gasteiger partial charge on any atom is 0.230 e. The van der Waals surface area contributed by atoms with Gasteiger partial charge in [0.15, 0.2) is 4.34 Å². The van der Waals surface area contributed by atoms with E-state index in [0.29, 0.717) is 5.75 Å². The van der Waals surface area contributed by atoms with E-state index in [1.54, 1.807) is 0 Å². The largest absolute Gasteiger partial charge is 0.353 e. The van der Waals surface area contributed by atoms with Gasteiger partial charge in [-0.2, -0.15) is 0 Å². The Labute approximate surface area is 180 Å². The zero-order chi connectivity index (χ0) is 20.6. The molecule has 0 radical (unpaired) electrons. The van der Waals surface area contributed by atoms with Crippen LogP contribution in [0.1, 0.15) is 30.0 Å². The maximum atomic E-state index is 12.2. The van der Waals surface area contributed by atoms with Crippen LogP contribution in [0.15, 0.2) is 52.9 Å². The van der Waals surface area contributed by atoms with E-state index in [4.69, 9.17) is 0 Å². The molecule has 1 atom stereocenters. The molecule has 0 aliphatic rings. The molecular formula is C22H26N4OS2. The van der Waals surface area contributed by atoms with E-state index in [1.807, 2.05) is 31.2 Å². The predicted octanol–water partition coefficient (Wildman–Crippen LogP) is 5.13. The van der Waals surface area contributed by atoms with Gasteiger partial charge in [0.25, 0.3) is 0 Å². The number of rotatable bonds is 9. The molecule has 1 aromatic heterocycles.